The summed E-state index contributed by atoms with van der Waals surface area (Å²) in [7, 11) is 0. The fourth-order valence-electron chi connectivity index (χ4n) is 2.50. The second kappa shape index (κ2) is 7.93. The Labute approximate surface area is 130 Å². The normalized spacial score (nSPS) is 19.9. The van der Waals surface area contributed by atoms with E-state index in [4.69, 9.17) is 14.2 Å². The Bertz CT molecular complexity index is 429. The van der Waals surface area contributed by atoms with Gasteiger partial charge in [-0.1, -0.05) is 6.08 Å². The Balaban J connectivity index is 3.31. The minimum Gasteiger partial charge on any atom is -0.465 e. The van der Waals surface area contributed by atoms with Gasteiger partial charge in [-0.2, -0.15) is 0 Å². The summed E-state index contributed by atoms with van der Waals surface area (Å²) in [5.41, 5.74) is -1.79. The minimum atomic E-state index is -1.79. The molecule has 0 aliphatic carbocycles. The number of carbonyl (C=O) groups is 3. The second-order valence-electron chi connectivity index (χ2n) is 4.73. The van der Waals surface area contributed by atoms with E-state index in [0.29, 0.717) is 0 Å². The average molecular weight is 313 g/mol. The van der Waals surface area contributed by atoms with Crippen molar-refractivity contribution in [3.63, 3.8) is 0 Å². The molecule has 0 bridgehead atoms. The predicted molar refractivity (Wildman–Crippen MR) is 77.6 cm³/mol. The van der Waals surface area contributed by atoms with Crippen molar-refractivity contribution in [2.45, 2.75) is 33.4 Å². The van der Waals surface area contributed by atoms with Gasteiger partial charge in [0.05, 0.1) is 19.6 Å². The number of hydrogen-bond donors (Lipinski definition) is 0. The molecule has 0 aromatic heterocycles. The molecule has 0 aromatic carbocycles. The maximum atomic E-state index is 12.5. The van der Waals surface area contributed by atoms with Gasteiger partial charge in [-0.05, 0) is 20.8 Å². The fraction of sp³-hybridized carbons (Fsp3) is 0.667. The smallest absolute Gasteiger partial charge is 0.328 e. The quantitative estimate of drug-likeness (QED) is 0.376. The summed E-state index contributed by atoms with van der Waals surface area (Å²) in [5.74, 6) is -1.97. The highest BCUT2D eigenvalue weighted by molar-refractivity contribution is 6.06. The highest BCUT2D eigenvalue weighted by atomic mass is 16.6. The van der Waals surface area contributed by atoms with E-state index in [1.54, 1.807) is 20.8 Å². The molecule has 7 heteroatoms. The molecule has 124 valence electrons. The third kappa shape index (κ3) is 3.14. The number of carbonyl (C=O) groups excluding carboxylic acids is 3. The first kappa shape index (κ1) is 18.2. The number of hydrogen-bond acceptors (Lipinski definition) is 6. The van der Waals surface area contributed by atoms with Crippen molar-refractivity contribution in [1.82, 2.24) is 4.90 Å². The van der Waals surface area contributed by atoms with E-state index < -0.39 is 23.6 Å². The Hall–Kier alpha value is -1.89. The van der Waals surface area contributed by atoms with Crippen LogP contribution in [0.15, 0.2) is 12.7 Å². The van der Waals surface area contributed by atoms with Crippen molar-refractivity contribution in [2.75, 3.05) is 26.4 Å². The van der Waals surface area contributed by atoms with Crippen LogP contribution < -0.4 is 0 Å². The highest BCUT2D eigenvalue weighted by Crippen LogP contribution is 2.41. The molecule has 22 heavy (non-hydrogen) atoms. The molecule has 0 saturated carbocycles. The molecule has 1 aliphatic rings. The fourth-order valence-corrected chi connectivity index (χ4v) is 2.50. The van der Waals surface area contributed by atoms with Gasteiger partial charge in [0, 0.05) is 13.2 Å². The molecule has 1 rings (SSSR count). The van der Waals surface area contributed by atoms with E-state index >= 15 is 0 Å². The standard InChI is InChI=1S/C15H23NO6/c1-5-9-16-11(17)10-15(12(16)20-6-2,13(18)21-7-3)14(19)22-8-4/h5,12H,1,6-10H2,2-4H3. The van der Waals surface area contributed by atoms with Crippen LogP contribution in [0, 0.1) is 5.41 Å². The largest absolute Gasteiger partial charge is 0.465 e. The van der Waals surface area contributed by atoms with Crippen molar-refractivity contribution in [3.8, 4) is 0 Å². The number of rotatable bonds is 8. The van der Waals surface area contributed by atoms with Gasteiger partial charge in [-0.3, -0.25) is 14.4 Å². The third-order valence-corrected chi connectivity index (χ3v) is 3.38. The third-order valence-electron chi connectivity index (χ3n) is 3.38. The molecule has 0 radical (unpaired) electrons. The first-order chi connectivity index (χ1) is 10.5. The first-order valence-corrected chi connectivity index (χ1v) is 7.35. The molecule has 1 fully saturated rings. The minimum absolute atomic E-state index is 0.0917. The lowest BCUT2D eigenvalue weighted by Crippen LogP contribution is -2.53. The van der Waals surface area contributed by atoms with Crippen molar-refractivity contribution >= 4 is 17.8 Å². The number of nitrogens with zero attached hydrogens (tertiary/aromatic N) is 1. The number of likely N-dealkylation sites (tertiary alicyclic amines) is 1. The Morgan fingerprint density at radius 2 is 1.77 bits per heavy atom. The predicted octanol–water partition coefficient (Wildman–Crippen LogP) is 0.880. The van der Waals surface area contributed by atoms with Crippen LogP contribution >= 0.6 is 0 Å². The van der Waals surface area contributed by atoms with Crippen LogP contribution in [0.1, 0.15) is 27.2 Å². The summed E-state index contributed by atoms with van der Waals surface area (Å²) in [6.07, 6.45) is 0.126. The van der Waals surface area contributed by atoms with E-state index in [0.717, 1.165) is 0 Å². The summed E-state index contributed by atoms with van der Waals surface area (Å²) in [5, 5.41) is 0. The average Bonchev–Trinajstić information content (AvgIpc) is 2.75. The van der Waals surface area contributed by atoms with E-state index in [1.807, 2.05) is 0 Å². The topological polar surface area (TPSA) is 82.1 Å². The van der Waals surface area contributed by atoms with Crippen LogP contribution in [-0.2, 0) is 28.6 Å². The van der Waals surface area contributed by atoms with Crippen LogP contribution in [0.2, 0.25) is 0 Å². The van der Waals surface area contributed by atoms with Gasteiger partial charge >= 0.3 is 11.9 Å². The van der Waals surface area contributed by atoms with Crippen LogP contribution in [0.4, 0.5) is 0 Å². The van der Waals surface area contributed by atoms with Gasteiger partial charge < -0.3 is 19.1 Å². The van der Waals surface area contributed by atoms with Crippen molar-refractivity contribution in [3.05, 3.63) is 12.7 Å². The van der Waals surface area contributed by atoms with Crippen molar-refractivity contribution in [1.29, 1.82) is 0 Å². The lowest BCUT2D eigenvalue weighted by Gasteiger charge is -2.32. The molecule has 0 spiro atoms. The SMILES string of the molecule is C=CCN1C(=O)CC(C(=O)OCC)(C(=O)OCC)C1OCC. The maximum absolute atomic E-state index is 12.5. The highest BCUT2D eigenvalue weighted by Gasteiger charge is 2.64. The van der Waals surface area contributed by atoms with Crippen LogP contribution in [0.25, 0.3) is 0 Å². The van der Waals surface area contributed by atoms with Crippen molar-refractivity contribution < 1.29 is 28.6 Å². The summed E-state index contributed by atoms with van der Waals surface area (Å²) in [4.78, 5) is 38.5. The molecule has 0 N–H and O–H groups in total. The van der Waals surface area contributed by atoms with E-state index in [-0.39, 0.29) is 38.7 Å². The Morgan fingerprint density at radius 3 is 2.18 bits per heavy atom. The van der Waals surface area contributed by atoms with Gasteiger partial charge in [-0.25, -0.2) is 0 Å². The molecule has 1 aliphatic heterocycles. The second-order valence-corrected chi connectivity index (χ2v) is 4.73. The molecule has 7 nitrogen and oxygen atoms in total. The van der Waals surface area contributed by atoms with E-state index in [9.17, 15) is 14.4 Å². The summed E-state index contributed by atoms with van der Waals surface area (Å²) in [6, 6.07) is 0. The lowest BCUT2D eigenvalue weighted by molar-refractivity contribution is -0.188. The molecular formula is C15H23NO6. The maximum Gasteiger partial charge on any atom is 0.328 e. The van der Waals surface area contributed by atoms with Gasteiger partial charge in [0.15, 0.2) is 6.23 Å². The number of esters is 2. The zero-order chi connectivity index (χ0) is 16.8. The molecule has 1 atom stereocenters. The Morgan fingerprint density at radius 1 is 1.23 bits per heavy atom. The number of amides is 1. The lowest BCUT2D eigenvalue weighted by atomic mass is 9.85. The summed E-state index contributed by atoms with van der Waals surface area (Å²) >= 11 is 0. The zero-order valence-electron chi connectivity index (χ0n) is 13.3. The van der Waals surface area contributed by atoms with Gasteiger partial charge in [0.25, 0.3) is 0 Å². The first-order valence-electron chi connectivity index (χ1n) is 7.35. The molecular weight excluding hydrogens is 290 g/mol. The summed E-state index contributed by atoms with van der Waals surface area (Å²) < 4.78 is 15.6. The van der Waals surface area contributed by atoms with E-state index in [1.165, 1.54) is 11.0 Å². The molecule has 1 heterocycles. The van der Waals surface area contributed by atoms with Gasteiger partial charge in [0.2, 0.25) is 11.3 Å². The zero-order valence-corrected chi connectivity index (χ0v) is 13.3. The van der Waals surface area contributed by atoms with Crippen LogP contribution in [-0.4, -0.2) is 55.3 Å². The molecule has 1 saturated heterocycles. The monoisotopic (exact) mass is 313 g/mol. The molecule has 1 amide bonds. The van der Waals surface area contributed by atoms with E-state index in [2.05, 4.69) is 6.58 Å². The number of ether oxygens (including phenoxy) is 3. The van der Waals surface area contributed by atoms with Crippen LogP contribution in [0.3, 0.4) is 0 Å². The molecule has 1 unspecified atom stereocenters. The van der Waals surface area contributed by atoms with Crippen LogP contribution in [0.5, 0.6) is 0 Å². The van der Waals surface area contributed by atoms with Gasteiger partial charge in [-0.15, -0.1) is 6.58 Å². The molecule has 0 aromatic rings. The Kier molecular flexibility index (Phi) is 6.55. The van der Waals surface area contributed by atoms with Gasteiger partial charge in [0.1, 0.15) is 0 Å². The summed E-state index contributed by atoms with van der Waals surface area (Å²) in [6.45, 7) is 9.14. The van der Waals surface area contributed by atoms with Crippen molar-refractivity contribution in [2.24, 2.45) is 5.41 Å².